The third-order valence-corrected chi connectivity index (χ3v) is 5.89. The SMILES string of the molecule is CCC(N)c1cccc2cc(S(=O)(=O)c3cccc(F)c3)ccc12. The van der Waals surface area contributed by atoms with Crippen LogP contribution in [-0.4, -0.2) is 8.42 Å². The molecule has 0 bridgehead atoms. The molecule has 0 aliphatic rings. The second-order valence-corrected chi connectivity index (χ2v) is 7.66. The van der Waals surface area contributed by atoms with Crippen molar-refractivity contribution in [2.75, 3.05) is 0 Å². The van der Waals surface area contributed by atoms with E-state index in [9.17, 15) is 12.8 Å². The molecule has 124 valence electrons. The normalized spacial score (nSPS) is 13.1. The van der Waals surface area contributed by atoms with E-state index in [1.165, 1.54) is 18.2 Å². The van der Waals surface area contributed by atoms with Crippen LogP contribution in [0.15, 0.2) is 70.5 Å². The minimum atomic E-state index is -3.76. The molecule has 1 unspecified atom stereocenters. The molecule has 0 aliphatic carbocycles. The van der Waals surface area contributed by atoms with Crippen LogP contribution < -0.4 is 5.73 Å². The Hall–Kier alpha value is -2.24. The second-order valence-electron chi connectivity index (χ2n) is 5.71. The maximum absolute atomic E-state index is 13.4. The molecule has 24 heavy (non-hydrogen) atoms. The molecule has 1 atom stereocenters. The highest BCUT2D eigenvalue weighted by Gasteiger charge is 2.19. The van der Waals surface area contributed by atoms with E-state index in [-0.39, 0.29) is 15.8 Å². The highest BCUT2D eigenvalue weighted by Crippen LogP contribution is 2.29. The lowest BCUT2D eigenvalue weighted by atomic mass is 9.98. The number of fused-ring (bicyclic) bond motifs is 1. The van der Waals surface area contributed by atoms with E-state index in [1.807, 2.05) is 25.1 Å². The molecule has 0 fully saturated rings. The summed E-state index contributed by atoms with van der Waals surface area (Å²) in [6.07, 6.45) is 0.794. The average molecular weight is 343 g/mol. The molecule has 0 radical (unpaired) electrons. The van der Waals surface area contributed by atoms with Crippen molar-refractivity contribution in [1.82, 2.24) is 0 Å². The number of halogens is 1. The number of sulfone groups is 1. The quantitative estimate of drug-likeness (QED) is 0.771. The van der Waals surface area contributed by atoms with Crippen LogP contribution in [0.2, 0.25) is 0 Å². The number of hydrogen-bond donors (Lipinski definition) is 1. The Kier molecular flexibility index (Phi) is 4.39. The van der Waals surface area contributed by atoms with Gasteiger partial charge in [-0.1, -0.05) is 37.3 Å². The van der Waals surface area contributed by atoms with Gasteiger partial charge < -0.3 is 5.73 Å². The number of rotatable bonds is 4. The van der Waals surface area contributed by atoms with Crippen LogP contribution in [0.1, 0.15) is 24.9 Å². The zero-order valence-corrected chi connectivity index (χ0v) is 14.1. The van der Waals surface area contributed by atoms with Gasteiger partial charge in [0.15, 0.2) is 0 Å². The van der Waals surface area contributed by atoms with Gasteiger partial charge in [-0.3, -0.25) is 0 Å². The van der Waals surface area contributed by atoms with Crippen molar-refractivity contribution in [3.05, 3.63) is 72.0 Å². The van der Waals surface area contributed by atoms with E-state index in [0.29, 0.717) is 0 Å². The van der Waals surface area contributed by atoms with Crippen LogP contribution in [0.5, 0.6) is 0 Å². The van der Waals surface area contributed by atoms with Gasteiger partial charge in [-0.25, -0.2) is 12.8 Å². The lowest BCUT2D eigenvalue weighted by molar-refractivity contribution is 0.591. The van der Waals surface area contributed by atoms with Gasteiger partial charge in [0.2, 0.25) is 9.84 Å². The van der Waals surface area contributed by atoms with E-state index in [1.54, 1.807) is 18.2 Å². The van der Waals surface area contributed by atoms with Crippen LogP contribution in [0.4, 0.5) is 4.39 Å². The zero-order valence-electron chi connectivity index (χ0n) is 13.2. The van der Waals surface area contributed by atoms with Crippen LogP contribution in [-0.2, 0) is 9.84 Å². The predicted octanol–water partition coefficient (Wildman–Crippen LogP) is 4.22. The summed E-state index contributed by atoms with van der Waals surface area (Å²) in [6.45, 7) is 2.01. The second kappa shape index (κ2) is 6.34. The summed E-state index contributed by atoms with van der Waals surface area (Å²) in [5.41, 5.74) is 7.12. The fourth-order valence-electron chi connectivity index (χ4n) is 2.77. The smallest absolute Gasteiger partial charge is 0.206 e. The van der Waals surface area contributed by atoms with Crippen molar-refractivity contribution < 1.29 is 12.8 Å². The Morgan fingerprint density at radius 1 is 1.00 bits per heavy atom. The fourth-order valence-corrected chi connectivity index (χ4v) is 4.09. The summed E-state index contributed by atoms with van der Waals surface area (Å²) in [6, 6.07) is 15.5. The van der Waals surface area contributed by atoms with E-state index >= 15 is 0 Å². The minimum absolute atomic E-state index is 0.0525. The molecule has 3 rings (SSSR count). The van der Waals surface area contributed by atoms with Gasteiger partial charge in [0.05, 0.1) is 9.79 Å². The fraction of sp³-hybridized carbons (Fsp3) is 0.158. The monoisotopic (exact) mass is 343 g/mol. The molecular weight excluding hydrogens is 325 g/mol. The molecule has 0 heterocycles. The van der Waals surface area contributed by atoms with Crippen molar-refractivity contribution in [3.63, 3.8) is 0 Å². The van der Waals surface area contributed by atoms with Crippen LogP contribution in [0.25, 0.3) is 10.8 Å². The summed E-state index contributed by atoms with van der Waals surface area (Å²) in [7, 11) is -3.76. The molecule has 0 spiro atoms. The average Bonchev–Trinajstić information content (AvgIpc) is 2.60. The third-order valence-electron chi connectivity index (χ3n) is 4.14. The Morgan fingerprint density at radius 3 is 2.42 bits per heavy atom. The molecule has 0 amide bonds. The molecule has 5 heteroatoms. The maximum Gasteiger partial charge on any atom is 0.206 e. The highest BCUT2D eigenvalue weighted by atomic mass is 32.2. The third kappa shape index (κ3) is 2.92. The molecule has 0 aromatic heterocycles. The van der Waals surface area contributed by atoms with Crippen LogP contribution in [0, 0.1) is 5.82 Å². The zero-order chi connectivity index (χ0) is 17.3. The van der Waals surface area contributed by atoms with Crippen molar-refractivity contribution >= 4 is 20.6 Å². The standard InChI is InChI=1S/C19H18FNO2S/c1-2-19(21)18-8-3-5-13-11-16(9-10-17(13)18)24(22,23)15-7-4-6-14(20)12-15/h3-12,19H,2,21H2,1H3. The van der Waals surface area contributed by atoms with Crippen molar-refractivity contribution in [2.24, 2.45) is 5.73 Å². The van der Waals surface area contributed by atoms with Gasteiger partial charge in [0.25, 0.3) is 0 Å². The molecule has 3 aromatic carbocycles. The molecule has 0 saturated heterocycles. The van der Waals surface area contributed by atoms with Crippen LogP contribution in [0.3, 0.4) is 0 Å². The van der Waals surface area contributed by atoms with Gasteiger partial charge in [-0.2, -0.15) is 0 Å². The largest absolute Gasteiger partial charge is 0.324 e. The first-order valence-corrected chi connectivity index (χ1v) is 9.20. The number of nitrogens with two attached hydrogens (primary N) is 1. The minimum Gasteiger partial charge on any atom is -0.324 e. The maximum atomic E-state index is 13.4. The van der Waals surface area contributed by atoms with E-state index in [2.05, 4.69) is 0 Å². The summed E-state index contributed by atoms with van der Waals surface area (Å²) >= 11 is 0. The summed E-state index contributed by atoms with van der Waals surface area (Å²) in [4.78, 5) is 0.0890. The molecule has 3 nitrogen and oxygen atoms in total. The number of hydrogen-bond acceptors (Lipinski definition) is 3. The first-order valence-electron chi connectivity index (χ1n) is 7.72. The van der Waals surface area contributed by atoms with Crippen molar-refractivity contribution in [3.8, 4) is 0 Å². The summed E-state index contributed by atoms with van der Waals surface area (Å²) in [5, 5.41) is 1.74. The van der Waals surface area contributed by atoms with Crippen LogP contribution >= 0.6 is 0 Å². The Balaban J connectivity index is 2.15. The van der Waals surface area contributed by atoms with Crippen molar-refractivity contribution in [2.45, 2.75) is 29.2 Å². The predicted molar refractivity (Wildman–Crippen MR) is 93.0 cm³/mol. The Morgan fingerprint density at radius 2 is 1.71 bits per heavy atom. The Bertz CT molecular complexity index is 999. The molecule has 0 aliphatic heterocycles. The summed E-state index contributed by atoms with van der Waals surface area (Å²) in [5.74, 6) is -0.576. The lowest BCUT2D eigenvalue weighted by Crippen LogP contribution is -2.09. The van der Waals surface area contributed by atoms with E-state index in [4.69, 9.17) is 5.73 Å². The lowest BCUT2D eigenvalue weighted by Gasteiger charge is -2.13. The number of benzene rings is 3. The first kappa shape index (κ1) is 16.6. The van der Waals surface area contributed by atoms with E-state index < -0.39 is 15.7 Å². The van der Waals surface area contributed by atoms with E-state index in [0.717, 1.165) is 28.8 Å². The van der Waals surface area contributed by atoms with Gasteiger partial charge in [-0.05, 0) is 53.1 Å². The van der Waals surface area contributed by atoms with Crippen molar-refractivity contribution in [1.29, 1.82) is 0 Å². The Labute approximate surface area is 140 Å². The molecule has 2 N–H and O–H groups in total. The molecule has 0 saturated carbocycles. The molecule has 3 aromatic rings. The van der Waals surface area contributed by atoms with Gasteiger partial charge >= 0.3 is 0 Å². The highest BCUT2D eigenvalue weighted by molar-refractivity contribution is 7.91. The molecular formula is C19H18FNO2S. The van der Waals surface area contributed by atoms with Gasteiger partial charge in [0.1, 0.15) is 5.82 Å². The van der Waals surface area contributed by atoms with Gasteiger partial charge in [-0.15, -0.1) is 0 Å². The first-order chi connectivity index (χ1) is 11.4. The van der Waals surface area contributed by atoms with Gasteiger partial charge in [0, 0.05) is 6.04 Å². The summed E-state index contributed by atoms with van der Waals surface area (Å²) < 4.78 is 38.8. The topological polar surface area (TPSA) is 60.2 Å².